The first-order valence-corrected chi connectivity index (χ1v) is 6.37. The second-order valence-electron chi connectivity index (χ2n) is 4.45. The summed E-state index contributed by atoms with van der Waals surface area (Å²) >= 11 is 0. The van der Waals surface area contributed by atoms with Gasteiger partial charge in [0.1, 0.15) is 11.5 Å². The molecule has 0 saturated carbocycles. The van der Waals surface area contributed by atoms with Crippen molar-refractivity contribution in [2.45, 2.75) is 0 Å². The second-order valence-corrected chi connectivity index (χ2v) is 4.45. The molecule has 110 valence electrons. The Balaban J connectivity index is 2.41. The minimum absolute atomic E-state index is 0.135. The lowest BCUT2D eigenvalue weighted by atomic mass is 10.2. The van der Waals surface area contributed by atoms with Gasteiger partial charge in [-0.05, 0) is 24.3 Å². The van der Waals surface area contributed by atoms with Crippen molar-refractivity contribution < 1.29 is 19.4 Å². The number of carboxylic acids is 1. The van der Waals surface area contributed by atoms with Gasteiger partial charge < -0.3 is 9.84 Å². The topological polar surface area (TPSA) is 93.8 Å². The van der Waals surface area contributed by atoms with Crippen LogP contribution in [-0.4, -0.2) is 38.5 Å². The van der Waals surface area contributed by atoms with Gasteiger partial charge in [-0.3, -0.25) is 9.38 Å². The van der Waals surface area contributed by atoms with Gasteiger partial charge in [0.15, 0.2) is 5.69 Å². The van der Waals surface area contributed by atoms with Crippen LogP contribution in [0.5, 0.6) is 0 Å². The molecule has 3 aromatic heterocycles. The molecule has 7 heteroatoms. The highest BCUT2D eigenvalue weighted by Crippen LogP contribution is 2.24. The largest absolute Gasteiger partial charge is 0.476 e. The highest BCUT2D eigenvalue weighted by molar-refractivity contribution is 5.97. The fraction of sp³-hybridized carbons (Fsp3) is 0.0667. The molecule has 0 aliphatic heterocycles. The highest BCUT2D eigenvalue weighted by Gasteiger charge is 2.22. The van der Waals surface area contributed by atoms with Crippen molar-refractivity contribution in [1.82, 2.24) is 14.4 Å². The number of fused-ring (bicyclic) bond motifs is 1. The zero-order chi connectivity index (χ0) is 15.7. The summed E-state index contributed by atoms with van der Waals surface area (Å²) in [6.07, 6.45) is 3.15. The molecule has 0 aliphatic rings. The Bertz CT molecular complexity index is 871. The van der Waals surface area contributed by atoms with E-state index in [0.29, 0.717) is 16.9 Å². The quantitative estimate of drug-likeness (QED) is 0.742. The number of hydrogen-bond donors (Lipinski definition) is 1. The zero-order valence-corrected chi connectivity index (χ0v) is 11.6. The van der Waals surface area contributed by atoms with Crippen LogP contribution in [0.4, 0.5) is 0 Å². The Morgan fingerprint density at radius 1 is 1.23 bits per heavy atom. The fourth-order valence-corrected chi connectivity index (χ4v) is 2.25. The number of carboxylic acid groups (broad SMARTS) is 1. The van der Waals surface area contributed by atoms with Gasteiger partial charge in [0.25, 0.3) is 0 Å². The van der Waals surface area contributed by atoms with Crippen molar-refractivity contribution in [3.05, 3.63) is 54.1 Å². The summed E-state index contributed by atoms with van der Waals surface area (Å²) in [6, 6.07) is 8.16. The minimum Gasteiger partial charge on any atom is -0.476 e. The standard InChI is InChI=1S/C15H11N3O4/c1-22-15(21)11-6-2-5-10-12(14(19)20)17-13(18(10)11)9-4-3-7-16-8-9/h2-8H,1H3,(H,19,20). The fourth-order valence-electron chi connectivity index (χ4n) is 2.25. The third-order valence-corrected chi connectivity index (χ3v) is 3.18. The molecule has 0 fully saturated rings. The molecule has 0 radical (unpaired) electrons. The van der Waals surface area contributed by atoms with Crippen LogP contribution >= 0.6 is 0 Å². The summed E-state index contributed by atoms with van der Waals surface area (Å²) in [4.78, 5) is 31.5. The number of rotatable bonds is 3. The Morgan fingerprint density at radius 3 is 2.68 bits per heavy atom. The first-order chi connectivity index (χ1) is 10.6. The summed E-state index contributed by atoms with van der Waals surface area (Å²) in [6.45, 7) is 0. The van der Waals surface area contributed by atoms with E-state index in [1.807, 2.05) is 0 Å². The molecular weight excluding hydrogens is 286 g/mol. The summed E-state index contributed by atoms with van der Waals surface area (Å²) < 4.78 is 6.22. The number of carbonyl (C=O) groups is 2. The van der Waals surface area contributed by atoms with E-state index < -0.39 is 11.9 Å². The average Bonchev–Trinajstić information content (AvgIpc) is 2.95. The predicted octanol–water partition coefficient (Wildman–Crippen LogP) is 1.88. The van der Waals surface area contributed by atoms with Gasteiger partial charge in [-0.1, -0.05) is 6.07 Å². The van der Waals surface area contributed by atoms with E-state index >= 15 is 0 Å². The molecule has 7 nitrogen and oxygen atoms in total. The molecule has 0 saturated heterocycles. The lowest BCUT2D eigenvalue weighted by molar-refractivity contribution is 0.0591. The summed E-state index contributed by atoms with van der Waals surface area (Å²) in [5, 5.41) is 9.32. The Hall–Kier alpha value is -3.22. The number of imidazole rings is 1. The van der Waals surface area contributed by atoms with E-state index in [1.54, 1.807) is 42.7 Å². The summed E-state index contributed by atoms with van der Waals surface area (Å²) in [5.74, 6) is -1.43. The lowest BCUT2D eigenvalue weighted by Gasteiger charge is -2.06. The third-order valence-electron chi connectivity index (χ3n) is 3.18. The van der Waals surface area contributed by atoms with Gasteiger partial charge in [-0.2, -0.15) is 0 Å². The maximum atomic E-state index is 12.0. The monoisotopic (exact) mass is 297 g/mol. The molecule has 0 spiro atoms. The molecule has 22 heavy (non-hydrogen) atoms. The minimum atomic E-state index is -1.17. The first kappa shape index (κ1) is 13.7. The number of methoxy groups -OCH3 is 1. The number of aromatic nitrogens is 3. The molecule has 3 heterocycles. The van der Waals surface area contributed by atoms with Crippen molar-refractivity contribution in [2.75, 3.05) is 7.11 Å². The maximum absolute atomic E-state index is 12.0. The number of carbonyl (C=O) groups excluding carboxylic acids is 1. The van der Waals surface area contributed by atoms with Gasteiger partial charge in [0.05, 0.1) is 12.6 Å². The summed E-state index contributed by atoms with van der Waals surface area (Å²) in [5.41, 5.74) is 0.971. The Morgan fingerprint density at radius 2 is 2.05 bits per heavy atom. The van der Waals surface area contributed by atoms with Gasteiger partial charge >= 0.3 is 11.9 Å². The maximum Gasteiger partial charge on any atom is 0.356 e. The molecule has 0 aromatic carbocycles. The molecule has 3 rings (SSSR count). The predicted molar refractivity (Wildman–Crippen MR) is 76.7 cm³/mol. The van der Waals surface area contributed by atoms with Crippen molar-refractivity contribution in [3.63, 3.8) is 0 Å². The van der Waals surface area contributed by atoms with E-state index in [-0.39, 0.29) is 11.4 Å². The number of hydrogen-bond acceptors (Lipinski definition) is 5. The van der Waals surface area contributed by atoms with Crippen LogP contribution < -0.4 is 0 Å². The van der Waals surface area contributed by atoms with E-state index in [2.05, 4.69) is 9.97 Å². The number of ether oxygens (including phenoxy) is 1. The van der Waals surface area contributed by atoms with Crippen LogP contribution in [0.15, 0.2) is 42.7 Å². The molecule has 0 unspecified atom stereocenters. The van der Waals surface area contributed by atoms with Crippen molar-refractivity contribution in [1.29, 1.82) is 0 Å². The van der Waals surface area contributed by atoms with Crippen molar-refractivity contribution in [3.8, 4) is 11.4 Å². The number of esters is 1. The van der Waals surface area contributed by atoms with Crippen LogP contribution in [-0.2, 0) is 4.74 Å². The first-order valence-electron chi connectivity index (χ1n) is 6.37. The summed E-state index contributed by atoms with van der Waals surface area (Å²) in [7, 11) is 1.26. The third kappa shape index (κ3) is 2.08. The SMILES string of the molecule is COC(=O)c1cccc2c(C(=O)O)nc(-c3cccnc3)n12. The molecule has 1 N–H and O–H groups in total. The number of pyridine rings is 2. The van der Waals surface area contributed by atoms with Crippen LogP contribution in [0.3, 0.4) is 0 Å². The number of nitrogens with zero attached hydrogens (tertiary/aromatic N) is 3. The van der Waals surface area contributed by atoms with Gasteiger partial charge in [-0.25, -0.2) is 14.6 Å². The second kappa shape index (κ2) is 5.28. The van der Waals surface area contributed by atoms with Crippen LogP contribution in [0.25, 0.3) is 16.9 Å². The molecule has 0 aliphatic carbocycles. The molecule has 0 atom stereocenters. The number of aromatic carboxylic acids is 1. The highest BCUT2D eigenvalue weighted by atomic mass is 16.5. The van der Waals surface area contributed by atoms with Crippen LogP contribution in [0.2, 0.25) is 0 Å². The lowest BCUT2D eigenvalue weighted by Crippen LogP contribution is -2.09. The van der Waals surface area contributed by atoms with E-state index in [0.717, 1.165) is 0 Å². The van der Waals surface area contributed by atoms with E-state index in [4.69, 9.17) is 4.74 Å². The van der Waals surface area contributed by atoms with Gasteiger partial charge in [0, 0.05) is 18.0 Å². The molecule has 3 aromatic rings. The molecular formula is C15H11N3O4. The zero-order valence-electron chi connectivity index (χ0n) is 11.6. The Labute approximate surface area is 124 Å². The van der Waals surface area contributed by atoms with E-state index in [1.165, 1.54) is 11.5 Å². The van der Waals surface area contributed by atoms with Gasteiger partial charge in [0.2, 0.25) is 0 Å². The van der Waals surface area contributed by atoms with Crippen LogP contribution in [0.1, 0.15) is 21.0 Å². The normalized spacial score (nSPS) is 10.6. The molecule has 0 amide bonds. The van der Waals surface area contributed by atoms with Crippen LogP contribution in [0, 0.1) is 0 Å². The average molecular weight is 297 g/mol. The smallest absolute Gasteiger partial charge is 0.356 e. The molecule has 0 bridgehead atoms. The van der Waals surface area contributed by atoms with Crippen molar-refractivity contribution in [2.24, 2.45) is 0 Å². The van der Waals surface area contributed by atoms with Crippen molar-refractivity contribution >= 4 is 17.5 Å². The van der Waals surface area contributed by atoms with Gasteiger partial charge in [-0.15, -0.1) is 0 Å². The Kier molecular flexibility index (Phi) is 3.30. The van der Waals surface area contributed by atoms with E-state index in [9.17, 15) is 14.7 Å².